The molecule has 2 rings (SSSR count). The van der Waals surface area contributed by atoms with Crippen molar-refractivity contribution in [3.8, 4) is 5.75 Å². The van der Waals surface area contributed by atoms with Gasteiger partial charge in [-0.1, -0.05) is 18.2 Å². The SMILES string of the molecule is Cc1cccc(C)c1OCC1CCCN(C(=O)OC(C)(C)C)C1. The van der Waals surface area contributed by atoms with Crippen LogP contribution in [-0.4, -0.2) is 36.3 Å². The molecule has 0 aromatic heterocycles. The third kappa shape index (κ3) is 5.15. The molecule has 1 saturated heterocycles. The fourth-order valence-electron chi connectivity index (χ4n) is 2.92. The molecule has 1 amide bonds. The van der Waals surface area contributed by atoms with E-state index in [-0.39, 0.29) is 6.09 Å². The number of rotatable bonds is 3. The summed E-state index contributed by atoms with van der Waals surface area (Å²) in [6.07, 6.45) is 1.87. The molecule has 0 bridgehead atoms. The Morgan fingerprint density at radius 1 is 1.26 bits per heavy atom. The minimum Gasteiger partial charge on any atom is -0.493 e. The molecule has 0 saturated carbocycles. The van der Waals surface area contributed by atoms with Crippen LogP contribution in [0, 0.1) is 19.8 Å². The molecule has 0 radical (unpaired) electrons. The highest BCUT2D eigenvalue weighted by Gasteiger charge is 2.28. The van der Waals surface area contributed by atoms with Crippen LogP contribution in [0.25, 0.3) is 0 Å². The second kappa shape index (κ2) is 7.24. The summed E-state index contributed by atoms with van der Waals surface area (Å²) in [5, 5.41) is 0. The molecule has 1 aromatic carbocycles. The number of piperidine rings is 1. The quantitative estimate of drug-likeness (QED) is 0.832. The third-order valence-corrected chi connectivity index (χ3v) is 4.04. The molecule has 0 N–H and O–H groups in total. The van der Waals surface area contributed by atoms with E-state index in [1.807, 2.05) is 31.7 Å². The zero-order valence-electron chi connectivity index (χ0n) is 15.0. The van der Waals surface area contributed by atoms with Crippen LogP contribution in [0.1, 0.15) is 44.7 Å². The van der Waals surface area contributed by atoms with E-state index in [4.69, 9.17) is 9.47 Å². The zero-order chi connectivity index (χ0) is 17.0. The van der Waals surface area contributed by atoms with Crippen LogP contribution in [0.2, 0.25) is 0 Å². The van der Waals surface area contributed by atoms with Gasteiger partial charge >= 0.3 is 6.09 Å². The minimum atomic E-state index is -0.446. The molecule has 1 aliphatic rings. The van der Waals surface area contributed by atoms with Gasteiger partial charge in [-0.05, 0) is 58.6 Å². The molecule has 4 heteroatoms. The van der Waals surface area contributed by atoms with Crippen molar-refractivity contribution < 1.29 is 14.3 Å². The van der Waals surface area contributed by atoms with E-state index in [2.05, 4.69) is 26.0 Å². The number of ether oxygens (including phenoxy) is 2. The predicted octanol–water partition coefficient (Wildman–Crippen LogP) is 4.33. The van der Waals surface area contributed by atoms with Crippen molar-refractivity contribution in [3.05, 3.63) is 29.3 Å². The van der Waals surface area contributed by atoms with Crippen molar-refractivity contribution in [1.29, 1.82) is 0 Å². The number of amides is 1. The largest absolute Gasteiger partial charge is 0.493 e. The standard InChI is InChI=1S/C19H29NO3/c1-14-8-6-9-15(2)17(14)22-13-16-10-7-11-20(12-16)18(21)23-19(3,4)5/h6,8-9,16H,7,10-13H2,1-5H3. The zero-order valence-corrected chi connectivity index (χ0v) is 15.0. The Bertz CT molecular complexity index is 528. The Balaban J connectivity index is 1.90. The van der Waals surface area contributed by atoms with Crippen LogP contribution in [0.15, 0.2) is 18.2 Å². The third-order valence-electron chi connectivity index (χ3n) is 4.04. The molecule has 128 valence electrons. The summed E-state index contributed by atoms with van der Waals surface area (Å²) < 4.78 is 11.5. The van der Waals surface area contributed by atoms with Gasteiger partial charge in [0.25, 0.3) is 0 Å². The van der Waals surface area contributed by atoms with Gasteiger partial charge in [0, 0.05) is 19.0 Å². The molecule has 1 heterocycles. The highest BCUT2D eigenvalue weighted by Crippen LogP contribution is 2.25. The molecule has 0 spiro atoms. The first-order valence-corrected chi connectivity index (χ1v) is 8.43. The Labute approximate surface area is 139 Å². The number of benzene rings is 1. The number of likely N-dealkylation sites (tertiary alicyclic amines) is 1. The second-order valence-electron chi connectivity index (χ2n) is 7.47. The fourth-order valence-corrected chi connectivity index (χ4v) is 2.92. The summed E-state index contributed by atoms with van der Waals surface area (Å²) in [5.74, 6) is 1.33. The molecule has 4 nitrogen and oxygen atoms in total. The van der Waals surface area contributed by atoms with Gasteiger partial charge in [-0.3, -0.25) is 0 Å². The summed E-state index contributed by atoms with van der Waals surface area (Å²) in [7, 11) is 0. The van der Waals surface area contributed by atoms with Gasteiger partial charge in [-0.2, -0.15) is 0 Å². The average molecular weight is 319 g/mol. The summed E-state index contributed by atoms with van der Waals surface area (Å²) in [4.78, 5) is 14.0. The van der Waals surface area contributed by atoms with Crippen LogP contribution in [0.5, 0.6) is 5.75 Å². The van der Waals surface area contributed by atoms with Crippen LogP contribution in [-0.2, 0) is 4.74 Å². The molecular weight excluding hydrogens is 290 g/mol. The maximum atomic E-state index is 12.2. The lowest BCUT2D eigenvalue weighted by Gasteiger charge is -2.34. The Morgan fingerprint density at radius 3 is 2.52 bits per heavy atom. The number of carbonyl (C=O) groups excluding carboxylic acids is 1. The van der Waals surface area contributed by atoms with Crippen LogP contribution in [0.4, 0.5) is 4.79 Å². The van der Waals surface area contributed by atoms with E-state index >= 15 is 0 Å². The van der Waals surface area contributed by atoms with Gasteiger partial charge in [-0.15, -0.1) is 0 Å². The number of carbonyl (C=O) groups is 1. The first kappa shape index (κ1) is 17.6. The molecule has 23 heavy (non-hydrogen) atoms. The lowest BCUT2D eigenvalue weighted by Crippen LogP contribution is -2.44. The monoisotopic (exact) mass is 319 g/mol. The van der Waals surface area contributed by atoms with Crippen molar-refractivity contribution in [2.45, 2.75) is 53.1 Å². The summed E-state index contributed by atoms with van der Waals surface area (Å²) in [6, 6.07) is 6.18. The van der Waals surface area contributed by atoms with Gasteiger partial charge < -0.3 is 14.4 Å². The number of hydrogen-bond acceptors (Lipinski definition) is 3. The highest BCUT2D eigenvalue weighted by atomic mass is 16.6. The number of hydrogen-bond donors (Lipinski definition) is 0. The van der Waals surface area contributed by atoms with Crippen molar-refractivity contribution in [2.75, 3.05) is 19.7 Å². The molecule has 1 aromatic rings. The minimum absolute atomic E-state index is 0.214. The van der Waals surface area contributed by atoms with E-state index in [0.29, 0.717) is 19.1 Å². The Kier molecular flexibility index (Phi) is 5.55. The van der Waals surface area contributed by atoms with E-state index < -0.39 is 5.60 Å². The topological polar surface area (TPSA) is 38.8 Å². The van der Waals surface area contributed by atoms with E-state index in [1.54, 1.807) is 0 Å². The maximum Gasteiger partial charge on any atom is 0.410 e. The van der Waals surface area contributed by atoms with Crippen molar-refractivity contribution in [2.24, 2.45) is 5.92 Å². The van der Waals surface area contributed by atoms with E-state index in [1.165, 1.54) is 0 Å². The Morgan fingerprint density at radius 2 is 1.91 bits per heavy atom. The Hall–Kier alpha value is -1.71. The van der Waals surface area contributed by atoms with E-state index in [0.717, 1.165) is 36.3 Å². The first-order valence-electron chi connectivity index (χ1n) is 8.43. The van der Waals surface area contributed by atoms with Crippen LogP contribution in [0.3, 0.4) is 0 Å². The maximum absolute atomic E-state index is 12.2. The number of nitrogens with zero attached hydrogens (tertiary/aromatic N) is 1. The molecule has 1 atom stereocenters. The lowest BCUT2D eigenvalue weighted by molar-refractivity contribution is 0.0139. The van der Waals surface area contributed by atoms with E-state index in [9.17, 15) is 4.79 Å². The number of aryl methyl sites for hydroxylation is 2. The van der Waals surface area contributed by atoms with Gasteiger partial charge in [0.2, 0.25) is 0 Å². The lowest BCUT2D eigenvalue weighted by atomic mass is 9.99. The number of para-hydroxylation sites is 1. The summed E-state index contributed by atoms with van der Waals surface area (Å²) in [6.45, 7) is 12.0. The molecule has 1 unspecified atom stereocenters. The van der Waals surface area contributed by atoms with Gasteiger partial charge in [0.1, 0.15) is 11.4 Å². The molecule has 1 aliphatic heterocycles. The summed E-state index contributed by atoms with van der Waals surface area (Å²) >= 11 is 0. The van der Waals surface area contributed by atoms with Crippen LogP contribution < -0.4 is 4.74 Å². The fraction of sp³-hybridized carbons (Fsp3) is 0.632. The van der Waals surface area contributed by atoms with Gasteiger partial charge in [0.15, 0.2) is 0 Å². The van der Waals surface area contributed by atoms with Crippen LogP contribution >= 0.6 is 0 Å². The molecular formula is C19H29NO3. The van der Waals surface area contributed by atoms with Crippen molar-refractivity contribution in [1.82, 2.24) is 4.90 Å². The molecule has 0 aliphatic carbocycles. The van der Waals surface area contributed by atoms with Crippen molar-refractivity contribution >= 4 is 6.09 Å². The van der Waals surface area contributed by atoms with Gasteiger partial charge in [0.05, 0.1) is 6.61 Å². The first-order chi connectivity index (χ1) is 10.8. The van der Waals surface area contributed by atoms with Crippen molar-refractivity contribution in [3.63, 3.8) is 0 Å². The van der Waals surface area contributed by atoms with Gasteiger partial charge in [-0.25, -0.2) is 4.79 Å². The normalized spacial score (nSPS) is 18.7. The highest BCUT2D eigenvalue weighted by molar-refractivity contribution is 5.68. The average Bonchev–Trinajstić information content (AvgIpc) is 2.45. The second-order valence-corrected chi connectivity index (χ2v) is 7.47. The molecule has 1 fully saturated rings. The smallest absolute Gasteiger partial charge is 0.410 e. The summed E-state index contributed by atoms with van der Waals surface area (Å²) in [5.41, 5.74) is 1.87. The predicted molar refractivity (Wildman–Crippen MR) is 91.9 cm³/mol.